The molecule has 0 aliphatic heterocycles. The fourth-order valence-corrected chi connectivity index (χ4v) is 3.40. The van der Waals surface area contributed by atoms with Crippen molar-refractivity contribution >= 4 is 29.4 Å². The minimum atomic E-state index is -0.504. The number of nitrogens with one attached hydrogen (secondary N) is 2. The van der Waals surface area contributed by atoms with E-state index in [4.69, 9.17) is 5.73 Å². The molecule has 1 fully saturated rings. The summed E-state index contributed by atoms with van der Waals surface area (Å²) in [5, 5.41) is 5.77. The fourth-order valence-electron chi connectivity index (χ4n) is 3.40. The Kier molecular flexibility index (Phi) is 6.82. The van der Waals surface area contributed by atoms with E-state index in [2.05, 4.69) is 10.6 Å². The van der Waals surface area contributed by atoms with E-state index in [0.717, 1.165) is 18.4 Å². The first-order valence-electron chi connectivity index (χ1n) is 10.9. The van der Waals surface area contributed by atoms with Crippen LogP contribution in [0, 0.1) is 5.82 Å². The molecule has 0 heterocycles. The Bertz CT molecular complexity index is 1250. The van der Waals surface area contributed by atoms with Crippen molar-refractivity contribution in [3.8, 4) is 0 Å². The highest BCUT2D eigenvalue weighted by Crippen LogP contribution is 2.24. The molecule has 3 aromatic rings. The van der Waals surface area contributed by atoms with Gasteiger partial charge in [0.15, 0.2) is 0 Å². The summed E-state index contributed by atoms with van der Waals surface area (Å²) < 4.78 is 13.8. The number of primary amides is 1. The second kappa shape index (κ2) is 10.1. The number of rotatable bonds is 8. The van der Waals surface area contributed by atoms with Gasteiger partial charge in [-0.05, 0) is 72.0 Å². The molecule has 4 rings (SSSR count). The zero-order chi connectivity index (χ0) is 24.1. The van der Waals surface area contributed by atoms with Gasteiger partial charge in [0, 0.05) is 29.3 Å². The molecule has 0 unspecified atom stereocenters. The predicted octanol–water partition coefficient (Wildman–Crippen LogP) is 3.67. The van der Waals surface area contributed by atoms with Crippen molar-refractivity contribution in [1.29, 1.82) is 0 Å². The minimum absolute atomic E-state index is 0.169. The maximum atomic E-state index is 13.8. The molecule has 0 spiro atoms. The van der Waals surface area contributed by atoms with Crippen LogP contribution in [0.4, 0.5) is 4.39 Å². The first-order valence-corrected chi connectivity index (χ1v) is 10.9. The van der Waals surface area contributed by atoms with Crippen LogP contribution in [0.1, 0.15) is 50.2 Å². The van der Waals surface area contributed by atoms with Gasteiger partial charge in [-0.15, -0.1) is 0 Å². The largest absolute Gasteiger partial charge is 0.366 e. The number of hydrogen-bond donors (Lipinski definition) is 3. The Morgan fingerprint density at radius 1 is 0.912 bits per heavy atom. The number of amides is 3. The molecule has 1 aliphatic carbocycles. The molecule has 7 heteroatoms. The standard InChI is InChI=1S/C27H24FN3O3/c28-22-3-1-2-21(15-22)24(27(34)31-23-12-13-23)14-17-4-10-20(11-5-17)26(33)30-16-18-6-8-19(9-7-18)25(29)32/h1-11,14-15,23H,12-13,16H2,(H2,29,32)(H,30,33)(H,31,34)/b24-14+. The molecule has 0 radical (unpaired) electrons. The third-order valence-electron chi connectivity index (χ3n) is 5.47. The van der Waals surface area contributed by atoms with Gasteiger partial charge in [0.25, 0.3) is 11.8 Å². The summed E-state index contributed by atoms with van der Waals surface area (Å²) >= 11 is 0. The second-order valence-electron chi connectivity index (χ2n) is 8.18. The van der Waals surface area contributed by atoms with Crippen molar-refractivity contribution < 1.29 is 18.8 Å². The lowest BCUT2D eigenvalue weighted by Gasteiger charge is -2.10. The Hall–Kier alpha value is -4.26. The summed E-state index contributed by atoms with van der Waals surface area (Å²) in [4.78, 5) is 36.4. The number of carbonyl (C=O) groups excluding carboxylic acids is 3. The van der Waals surface area contributed by atoms with Gasteiger partial charge in [0.1, 0.15) is 5.82 Å². The number of hydrogen-bond acceptors (Lipinski definition) is 3. The van der Waals surface area contributed by atoms with Crippen LogP contribution in [-0.4, -0.2) is 23.8 Å². The van der Waals surface area contributed by atoms with Gasteiger partial charge in [-0.2, -0.15) is 0 Å². The van der Waals surface area contributed by atoms with Crippen LogP contribution in [0.3, 0.4) is 0 Å². The number of nitrogens with two attached hydrogens (primary N) is 1. The van der Waals surface area contributed by atoms with Crippen LogP contribution in [0.2, 0.25) is 0 Å². The third kappa shape index (κ3) is 5.95. The maximum Gasteiger partial charge on any atom is 0.252 e. The average molecular weight is 458 g/mol. The third-order valence-corrected chi connectivity index (χ3v) is 5.47. The van der Waals surface area contributed by atoms with Crippen molar-refractivity contribution in [2.45, 2.75) is 25.4 Å². The highest BCUT2D eigenvalue weighted by atomic mass is 19.1. The van der Waals surface area contributed by atoms with Gasteiger partial charge in [-0.25, -0.2) is 4.39 Å². The van der Waals surface area contributed by atoms with Crippen LogP contribution in [0.5, 0.6) is 0 Å². The molecule has 34 heavy (non-hydrogen) atoms. The molecule has 0 saturated heterocycles. The lowest BCUT2D eigenvalue weighted by Crippen LogP contribution is -2.26. The first kappa shape index (κ1) is 22.9. The summed E-state index contributed by atoms with van der Waals surface area (Å²) in [6.45, 7) is 0.296. The summed E-state index contributed by atoms with van der Waals surface area (Å²) in [6, 6.07) is 19.6. The van der Waals surface area contributed by atoms with E-state index in [1.165, 1.54) is 12.1 Å². The molecule has 3 aromatic carbocycles. The summed E-state index contributed by atoms with van der Waals surface area (Å²) in [7, 11) is 0. The normalized spacial score (nSPS) is 13.3. The monoisotopic (exact) mass is 457 g/mol. The summed E-state index contributed by atoms with van der Waals surface area (Å²) in [5.74, 6) is -1.43. The fraction of sp³-hybridized carbons (Fsp3) is 0.148. The van der Waals surface area contributed by atoms with Gasteiger partial charge in [-0.3, -0.25) is 14.4 Å². The number of benzene rings is 3. The highest BCUT2D eigenvalue weighted by molar-refractivity contribution is 6.24. The summed E-state index contributed by atoms with van der Waals surface area (Å²) in [5.41, 5.74) is 8.49. The van der Waals surface area contributed by atoms with Crippen molar-refractivity contribution in [2.75, 3.05) is 0 Å². The van der Waals surface area contributed by atoms with Gasteiger partial charge < -0.3 is 16.4 Å². The van der Waals surface area contributed by atoms with Crippen LogP contribution in [0.15, 0.2) is 72.8 Å². The van der Waals surface area contributed by atoms with E-state index in [9.17, 15) is 18.8 Å². The quantitative estimate of drug-likeness (QED) is 0.355. The lowest BCUT2D eigenvalue weighted by molar-refractivity contribution is -0.115. The Balaban J connectivity index is 1.46. The molecule has 172 valence electrons. The number of carbonyl (C=O) groups is 3. The minimum Gasteiger partial charge on any atom is -0.366 e. The van der Waals surface area contributed by atoms with E-state index < -0.39 is 11.7 Å². The molecule has 3 amide bonds. The van der Waals surface area contributed by atoms with Gasteiger partial charge in [0.2, 0.25) is 5.91 Å². The van der Waals surface area contributed by atoms with E-state index in [-0.39, 0.29) is 17.9 Å². The zero-order valence-electron chi connectivity index (χ0n) is 18.4. The summed E-state index contributed by atoms with van der Waals surface area (Å²) in [6.07, 6.45) is 3.58. The highest BCUT2D eigenvalue weighted by Gasteiger charge is 2.25. The molecule has 1 saturated carbocycles. The topological polar surface area (TPSA) is 101 Å². The Morgan fingerprint density at radius 2 is 1.59 bits per heavy atom. The number of halogens is 1. The SMILES string of the molecule is NC(=O)c1ccc(CNC(=O)c2ccc(/C=C(/C(=O)NC3CC3)c3cccc(F)c3)cc2)cc1. The maximum absolute atomic E-state index is 13.8. The first-order chi connectivity index (χ1) is 16.4. The second-order valence-corrected chi connectivity index (χ2v) is 8.18. The van der Waals surface area contributed by atoms with Crippen molar-refractivity contribution in [2.24, 2.45) is 5.73 Å². The molecular formula is C27H24FN3O3. The average Bonchev–Trinajstić information content (AvgIpc) is 3.65. The van der Waals surface area contributed by atoms with Gasteiger partial charge >= 0.3 is 0 Å². The molecule has 4 N–H and O–H groups in total. The van der Waals surface area contributed by atoms with Crippen LogP contribution in [0.25, 0.3) is 11.6 Å². The van der Waals surface area contributed by atoms with Crippen LogP contribution < -0.4 is 16.4 Å². The van der Waals surface area contributed by atoms with E-state index >= 15 is 0 Å². The predicted molar refractivity (Wildman–Crippen MR) is 128 cm³/mol. The van der Waals surface area contributed by atoms with Crippen LogP contribution in [-0.2, 0) is 11.3 Å². The lowest BCUT2D eigenvalue weighted by atomic mass is 10.0. The molecule has 0 atom stereocenters. The molecular weight excluding hydrogens is 433 g/mol. The molecule has 0 aromatic heterocycles. The van der Waals surface area contributed by atoms with Crippen molar-refractivity contribution in [1.82, 2.24) is 10.6 Å². The van der Waals surface area contributed by atoms with E-state index in [1.807, 2.05) is 0 Å². The molecule has 0 bridgehead atoms. The van der Waals surface area contributed by atoms with Crippen molar-refractivity contribution in [3.63, 3.8) is 0 Å². The van der Waals surface area contributed by atoms with Crippen molar-refractivity contribution in [3.05, 3.63) is 106 Å². The molecule has 1 aliphatic rings. The van der Waals surface area contributed by atoms with Gasteiger partial charge in [0.05, 0.1) is 0 Å². The smallest absolute Gasteiger partial charge is 0.252 e. The Labute approximate surface area is 196 Å². The van der Waals surface area contributed by atoms with Crippen LogP contribution >= 0.6 is 0 Å². The zero-order valence-corrected chi connectivity index (χ0v) is 18.4. The molecule has 6 nitrogen and oxygen atoms in total. The van der Waals surface area contributed by atoms with E-state index in [1.54, 1.807) is 66.7 Å². The van der Waals surface area contributed by atoms with Gasteiger partial charge in [-0.1, -0.05) is 36.4 Å². The van der Waals surface area contributed by atoms with E-state index in [0.29, 0.717) is 34.4 Å². The Morgan fingerprint density at radius 3 is 2.21 bits per heavy atom.